The molecule has 0 spiro atoms. The summed E-state index contributed by atoms with van der Waals surface area (Å²) in [5, 5.41) is 23.2. The quantitative estimate of drug-likeness (QED) is 0.0384. The minimum atomic E-state index is -1.62. The van der Waals surface area contributed by atoms with Crippen molar-refractivity contribution in [1.82, 2.24) is 31.6 Å². The molecule has 0 aliphatic rings. The number of carboxylic acid groups (broad SMARTS) is 1. The number of hydrogen-bond donors (Lipinski definition) is 10. The van der Waals surface area contributed by atoms with Crippen LogP contribution in [0.3, 0.4) is 0 Å². The molecule has 0 fully saturated rings. The number of alkyl carbamates (subject to hydrolysis) is 1. The third kappa shape index (κ3) is 16.3. The summed E-state index contributed by atoms with van der Waals surface area (Å²) in [6.45, 7) is 8.42. The number of guanidine groups is 1. The zero-order valence-corrected chi connectivity index (χ0v) is 34.6. The average molecular weight is 835 g/mol. The van der Waals surface area contributed by atoms with E-state index >= 15 is 0 Å². The molecule has 0 aliphatic carbocycles. The second-order valence-electron chi connectivity index (χ2n) is 15.8. The van der Waals surface area contributed by atoms with Gasteiger partial charge < -0.3 is 58.6 Å². The van der Waals surface area contributed by atoms with Crippen molar-refractivity contribution in [3.8, 4) is 0 Å². The first-order valence-electron chi connectivity index (χ1n) is 19.6. The van der Waals surface area contributed by atoms with Gasteiger partial charge in [-0.25, -0.2) is 4.79 Å². The van der Waals surface area contributed by atoms with Crippen LogP contribution in [0.1, 0.15) is 71.4 Å². The van der Waals surface area contributed by atoms with E-state index in [1.165, 1.54) is 0 Å². The summed E-state index contributed by atoms with van der Waals surface area (Å²) in [6, 6.07) is 9.63. The van der Waals surface area contributed by atoms with Crippen LogP contribution in [0.15, 0.2) is 65.8 Å². The topological polar surface area (TPSA) is 315 Å². The minimum Gasteiger partial charge on any atom is -0.481 e. The van der Waals surface area contributed by atoms with Gasteiger partial charge in [0.15, 0.2) is 5.96 Å². The van der Waals surface area contributed by atoms with Crippen molar-refractivity contribution in [1.29, 1.82) is 0 Å². The number of nitrogens with two attached hydrogens (primary N) is 3. The largest absolute Gasteiger partial charge is 0.481 e. The number of nitrogens with one attached hydrogen (secondary N) is 6. The van der Waals surface area contributed by atoms with Crippen LogP contribution in [-0.4, -0.2) is 100 Å². The summed E-state index contributed by atoms with van der Waals surface area (Å²) in [6.07, 6.45) is 0.106. The molecule has 1 aromatic heterocycles. The molecule has 0 bridgehead atoms. The van der Waals surface area contributed by atoms with E-state index in [1.54, 1.807) is 71.1 Å². The molecule has 0 saturated heterocycles. The van der Waals surface area contributed by atoms with Gasteiger partial charge in [-0.05, 0) is 63.1 Å². The van der Waals surface area contributed by atoms with Crippen molar-refractivity contribution in [2.75, 3.05) is 6.54 Å². The molecule has 3 aromatic rings. The van der Waals surface area contributed by atoms with Crippen LogP contribution in [0.5, 0.6) is 0 Å². The molecule has 3 rings (SSSR count). The predicted molar refractivity (Wildman–Crippen MR) is 224 cm³/mol. The van der Waals surface area contributed by atoms with E-state index in [9.17, 15) is 38.7 Å². The normalized spacial score (nSPS) is 13.8. The van der Waals surface area contributed by atoms with Gasteiger partial charge in [-0.3, -0.25) is 33.8 Å². The summed E-state index contributed by atoms with van der Waals surface area (Å²) in [4.78, 5) is 99.6. The highest BCUT2D eigenvalue weighted by atomic mass is 16.6. The lowest BCUT2D eigenvalue weighted by molar-refractivity contribution is -0.140. The van der Waals surface area contributed by atoms with Gasteiger partial charge in [0.05, 0.1) is 6.42 Å². The molecule has 1 heterocycles. The van der Waals surface area contributed by atoms with Crippen molar-refractivity contribution in [2.45, 2.75) is 109 Å². The van der Waals surface area contributed by atoms with Gasteiger partial charge in [0.25, 0.3) is 0 Å². The maximum Gasteiger partial charge on any atom is 0.408 e. The number of nitrogens with zero attached hydrogens (tertiary/aromatic N) is 1. The number of carbonyl (C=O) groups excluding carboxylic acids is 6. The number of aliphatic carboxylic acids is 1. The predicted octanol–water partition coefficient (Wildman–Crippen LogP) is 0.845. The Labute approximate surface area is 348 Å². The Balaban J connectivity index is 1.93. The maximum atomic E-state index is 14.3. The number of fused-ring (bicyclic) bond motifs is 1. The Morgan fingerprint density at radius 1 is 0.733 bits per heavy atom. The van der Waals surface area contributed by atoms with Gasteiger partial charge >= 0.3 is 12.1 Å². The van der Waals surface area contributed by atoms with Crippen LogP contribution in [0.2, 0.25) is 0 Å². The maximum absolute atomic E-state index is 14.3. The summed E-state index contributed by atoms with van der Waals surface area (Å²) in [5.41, 5.74) is 18.0. The zero-order chi connectivity index (χ0) is 44.6. The van der Waals surface area contributed by atoms with Crippen LogP contribution >= 0.6 is 0 Å². The van der Waals surface area contributed by atoms with E-state index in [0.29, 0.717) is 5.56 Å². The molecule has 60 heavy (non-hydrogen) atoms. The number of ether oxygens (including phenoxy) is 1. The van der Waals surface area contributed by atoms with Gasteiger partial charge in [-0.15, -0.1) is 0 Å². The second kappa shape index (κ2) is 22.5. The standard InChI is InChI=1S/C41H58N10O9/c1-23(2)18-30(49-38(58)32(21-33(52)53)51-40(59)60-41(3,4)5)36(56)47-28(16-11-17-45-39(43)44)35(55)50-31(20-25-22-46-27-15-10-9-14-26(25)27)37(57)48-29(34(42)54)19-24-12-7-6-8-13-24/h6-10,12-15,22-23,28-32,46H,11,16-21H2,1-5H3,(H2,42,54)(H,47,56)(H,48,57)(H,49,58)(H,50,55)(H,51,59)(H,52,53)(H4,43,44,45)/t28-,29-,30-,31-,32-/m0/s1. The number of carboxylic acids is 1. The van der Waals surface area contributed by atoms with Crippen molar-refractivity contribution in [3.63, 3.8) is 0 Å². The monoisotopic (exact) mass is 834 g/mol. The lowest BCUT2D eigenvalue weighted by atomic mass is 10.00. The first-order chi connectivity index (χ1) is 28.2. The lowest BCUT2D eigenvalue weighted by Crippen LogP contribution is -2.59. The van der Waals surface area contributed by atoms with E-state index < -0.39 is 83.8 Å². The number of rotatable bonds is 22. The molecular weight excluding hydrogens is 777 g/mol. The fourth-order valence-electron chi connectivity index (χ4n) is 6.20. The summed E-state index contributed by atoms with van der Waals surface area (Å²) in [5.74, 6) is -5.85. The van der Waals surface area contributed by atoms with Gasteiger partial charge in [-0.2, -0.15) is 0 Å². The molecule has 6 amide bonds. The number of aromatic amines is 1. The highest BCUT2D eigenvalue weighted by Gasteiger charge is 2.34. The molecule has 13 N–H and O–H groups in total. The SMILES string of the molecule is CC(C)C[C@H](NC(=O)[C@H](CC(=O)O)NC(=O)OC(C)(C)C)C(=O)N[C@@H](CCCN=C(N)N)C(=O)N[C@@H](Cc1c[nH]c2ccccc12)C(=O)N[C@@H](Cc1ccccc1)C(N)=O. The Bertz CT molecular complexity index is 1990. The molecular formula is C41H58N10O9. The first-order valence-corrected chi connectivity index (χ1v) is 19.6. The van der Waals surface area contributed by atoms with E-state index in [0.717, 1.165) is 16.5 Å². The molecule has 5 atom stereocenters. The molecule has 0 unspecified atom stereocenters. The molecule has 2 aromatic carbocycles. The number of aromatic nitrogens is 1. The fourth-order valence-corrected chi connectivity index (χ4v) is 6.20. The van der Waals surface area contributed by atoms with E-state index in [-0.39, 0.29) is 50.5 Å². The number of primary amides is 1. The van der Waals surface area contributed by atoms with Gasteiger partial charge in [0.1, 0.15) is 35.8 Å². The van der Waals surface area contributed by atoms with Crippen LogP contribution in [-0.2, 0) is 46.3 Å². The lowest BCUT2D eigenvalue weighted by Gasteiger charge is -2.28. The third-order valence-electron chi connectivity index (χ3n) is 8.98. The average Bonchev–Trinajstić information content (AvgIpc) is 3.56. The van der Waals surface area contributed by atoms with E-state index in [1.807, 2.05) is 24.3 Å². The number of H-pyrrole nitrogens is 1. The Morgan fingerprint density at radius 3 is 1.92 bits per heavy atom. The second-order valence-corrected chi connectivity index (χ2v) is 15.8. The van der Waals surface area contributed by atoms with Crippen LogP contribution in [0, 0.1) is 5.92 Å². The number of carbonyl (C=O) groups is 7. The Kier molecular flexibility index (Phi) is 17.9. The Hall–Kier alpha value is -6.66. The number of hydrogen-bond acceptors (Lipinski definition) is 9. The van der Waals surface area contributed by atoms with Crippen molar-refractivity contribution < 1.29 is 43.4 Å². The number of aliphatic imine (C=N–C) groups is 1. The fraction of sp³-hybridized carbons (Fsp3) is 0.463. The number of para-hydroxylation sites is 1. The van der Waals surface area contributed by atoms with Crippen LogP contribution in [0.25, 0.3) is 10.9 Å². The summed E-state index contributed by atoms with van der Waals surface area (Å²) in [7, 11) is 0. The van der Waals surface area contributed by atoms with Gasteiger partial charge in [0, 0.05) is 36.5 Å². The molecule has 0 saturated carbocycles. The van der Waals surface area contributed by atoms with Crippen LogP contribution < -0.4 is 43.8 Å². The molecule has 0 aliphatic heterocycles. The third-order valence-corrected chi connectivity index (χ3v) is 8.98. The molecule has 19 nitrogen and oxygen atoms in total. The van der Waals surface area contributed by atoms with E-state index in [2.05, 4.69) is 36.6 Å². The minimum absolute atomic E-state index is 0.0299. The Morgan fingerprint density at radius 2 is 1.30 bits per heavy atom. The highest BCUT2D eigenvalue weighted by molar-refractivity contribution is 5.97. The summed E-state index contributed by atoms with van der Waals surface area (Å²) >= 11 is 0. The molecule has 19 heteroatoms. The van der Waals surface area contributed by atoms with Crippen molar-refractivity contribution in [3.05, 3.63) is 71.9 Å². The number of benzene rings is 2. The number of amides is 6. The van der Waals surface area contributed by atoms with E-state index in [4.69, 9.17) is 21.9 Å². The van der Waals surface area contributed by atoms with Crippen molar-refractivity contribution >= 4 is 58.5 Å². The zero-order valence-electron chi connectivity index (χ0n) is 34.6. The molecule has 326 valence electrons. The summed E-state index contributed by atoms with van der Waals surface area (Å²) < 4.78 is 5.19. The van der Waals surface area contributed by atoms with Crippen LogP contribution in [0.4, 0.5) is 4.79 Å². The molecule has 0 radical (unpaired) electrons. The van der Waals surface area contributed by atoms with Gasteiger partial charge in [-0.1, -0.05) is 62.4 Å². The first kappa shape index (κ1) is 47.7. The highest BCUT2D eigenvalue weighted by Crippen LogP contribution is 2.20. The van der Waals surface area contributed by atoms with Crippen molar-refractivity contribution in [2.24, 2.45) is 28.1 Å². The smallest absolute Gasteiger partial charge is 0.408 e. The van der Waals surface area contributed by atoms with Gasteiger partial charge in [0.2, 0.25) is 29.5 Å².